The number of nitrogens with zero attached hydrogens (tertiary/aromatic N) is 5. The first-order chi connectivity index (χ1) is 9.38. The zero-order chi connectivity index (χ0) is 13.1. The van der Waals surface area contributed by atoms with E-state index in [1.54, 1.807) is 0 Å². The summed E-state index contributed by atoms with van der Waals surface area (Å²) in [6, 6.07) is 0. The summed E-state index contributed by atoms with van der Waals surface area (Å²) in [5.74, 6) is 3.23. The molecular formula is C13H20N6. The Balaban J connectivity index is 1.78. The third-order valence-corrected chi connectivity index (χ3v) is 3.58. The zero-order valence-corrected chi connectivity index (χ0v) is 11.3. The molecule has 0 aromatic carbocycles. The van der Waals surface area contributed by atoms with Gasteiger partial charge in [0.25, 0.3) is 0 Å². The van der Waals surface area contributed by atoms with E-state index in [4.69, 9.17) is 0 Å². The Bertz CT molecular complexity index is 541. The molecular weight excluding hydrogens is 240 g/mol. The Morgan fingerprint density at radius 3 is 3.11 bits per heavy atom. The summed E-state index contributed by atoms with van der Waals surface area (Å²) in [6.45, 7) is 5.66. The van der Waals surface area contributed by atoms with E-state index in [-0.39, 0.29) is 0 Å². The van der Waals surface area contributed by atoms with E-state index in [9.17, 15) is 0 Å². The molecule has 0 atom stereocenters. The summed E-state index contributed by atoms with van der Waals surface area (Å²) in [7, 11) is 0. The first kappa shape index (κ1) is 12.3. The number of hydrogen-bond donors (Lipinski definition) is 1. The first-order valence-corrected chi connectivity index (χ1v) is 7.00. The number of hydrogen-bond acceptors (Lipinski definition) is 4. The molecule has 0 bridgehead atoms. The molecule has 102 valence electrons. The van der Waals surface area contributed by atoms with Gasteiger partial charge in [-0.3, -0.25) is 0 Å². The van der Waals surface area contributed by atoms with Crippen LogP contribution < -0.4 is 5.32 Å². The quantitative estimate of drug-likeness (QED) is 0.870. The minimum Gasteiger partial charge on any atom is -0.326 e. The zero-order valence-electron chi connectivity index (χ0n) is 11.3. The molecule has 0 saturated heterocycles. The van der Waals surface area contributed by atoms with Crippen LogP contribution in [-0.4, -0.2) is 30.9 Å². The Labute approximate surface area is 112 Å². The van der Waals surface area contributed by atoms with Crippen LogP contribution in [0.3, 0.4) is 0 Å². The molecule has 6 heteroatoms. The molecule has 0 unspecified atom stereocenters. The van der Waals surface area contributed by atoms with Crippen LogP contribution in [0.2, 0.25) is 0 Å². The molecule has 19 heavy (non-hydrogen) atoms. The van der Waals surface area contributed by atoms with Gasteiger partial charge in [-0.1, -0.05) is 6.92 Å². The Hall–Kier alpha value is -1.69. The summed E-state index contributed by atoms with van der Waals surface area (Å²) < 4.78 is 4.41. The Kier molecular flexibility index (Phi) is 3.59. The molecule has 3 rings (SSSR count). The molecule has 0 spiro atoms. The summed E-state index contributed by atoms with van der Waals surface area (Å²) >= 11 is 0. The molecule has 1 N–H and O–H groups in total. The van der Waals surface area contributed by atoms with Crippen LogP contribution in [0.15, 0.2) is 12.4 Å². The molecule has 0 radical (unpaired) electrons. The second-order valence-electron chi connectivity index (χ2n) is 4.89. The fraction of sp³-hybridized carbons (Fsp3) is 0.615. The lowest BCUT2D eigenvalue weighted by molar-refractivity contribution is 0.498. The summed E-state index contributed by atoms with van der Waals surface area (Å²) in [5, 5.41) is 11.9. The molecule has 2 aromatic rings. The summed E-state index contributed by atoms with van der Waals surface area (Å²) in [5.41, 5.74) is 0. The topological polar surface area (TPSA) is 60.6 Å². The maximum atomic E-state index is 4.39. The van der Waals surface area contributed by atoms with Gasteiger partial charge in [0.05, 0.1) is 13.1 Å². The number of aromatic nitrogens is 5. The van der Waals surface area contributed by atoms with Crippen LogP contribution in [0.25, 0.3) is 0 Å². The molecule has 1 aliphatic rings. The van der Waals surface area contributed by atoms with E-state index >= 15 is 0 Å². The second kappa shape index (κ2) is 5.52. The van der Waals surface area contributed by atoms with Gasteiger partial charge in [0.15, 0.2) is 5.82 Å². The summed E-state index contributed by atoms with van der Waals surface area (Å²) in [6.07, 6.45) is 7.37. The van der Waals surface area contributed by atoms with E-state index in [0.717, 1.165) is 50.1 Å². The maximum Gasteiger partial charge on any atom is 0.153 e. The number of rotatable bonds is 5. The van der Waals surface area contributed by atoms with Gasteiger partial charge in [-0.05, 0) is 19.4 Å². The van der Waals surface area contributed by atoms with Crippen molar-refractivity contribution in [2.24, 2.45) is 0 Å². The van der Waals surface area contributed by atoms with E-state index < -0.39 is 0 Å². The van der Waals surface area contributed by atoms with Crippen molar-refractivity contribution in [3.63, 3.8) is 0 Å². The molecule has 0 fully saturated rings. The fourth-order valence-electron chi connectivity index (χ4n) is 2.53. The van der Waals surface area contributed by atoms with Gasteiger partial charge in [0.1, 0.15) is 11.6 Å². The Morgan fingerprint density at radius 2 is 2.21 bits per heavy atom. The van der Waals surface area contributed by atoms with Crippen LogP contribution in [-0.2, 0) is 26.1 Å². The largest absolute Gasteiger partial charge is 0.326 e. The minimum atomic E-state index is 0.758. The highest BCUT2D eigenvalue weighted by atomic mass is 15.3. The molecule has 3 heterocycles. The van der Waals surface area contributed by atoms with Gasteiger partial charge >= 0.3 is 0 Å². The Morgan fingerprint density at radius 1 is 1.26 bits per heavy atom. The monoisotopic (exact) mass is 260 g/mol. The predicted molar refractivity (Wildman–Crippen MR) is 71.7 cm³/mol. The van der Waals surface area contributed by atoms with Gasteiger partial charge in [0, 0.05) is 25.4 Å². The smallest absolute Gasteiger partial charge is 0.153 e. The number of imidazole rings is 1. The highest BCUT2D eigenvalue weighted by Gasteiger charge is 2.16. The van der Waals surface area contributed by atoms with Crippen molar-refractivity contribution in [3.8, 4) is 0 Å². The number of fused-ring (bicyclic) bond motifs is 1. The first-order valence-electron chi connectivity index (χ1n) is 7.00. The molecule has 6 nitrogen and oxygen atoms in total. The van der Waals surface area contributed by atoms with Crippen molar-refractivity contribution in [2.45, 2.75) is 45.8 Å². The average molecular weight is 260 g/mol. The van der Waals surface area contributed by atoms with E-state index in [1.807, 2.05) is 12.4 Å². The SMILES string of the molecule is CCNCc1nccn1Cc1nnc2n1CCCC2. The normalized spacial score (nSPS) is 14.6. The van der Waals surface area contributed by atoms with Gasteiger partial charge in [-0.2, -0.15) is 0 Å². The van der Waals surface area contributed by atoms with Gasteiger partial charge < -0.3 is 14.5 Å². The van der Waals surface area contributed by atoms with Gasteiger partial charge in [-0.25, -0.2) is 4.98 Å². The van der Waals surface area contributed by atoms with Crippen LogP contribution in [0, 0.1) is 0 Å². The van der Waals surface area contributed by atoms with E-state index in [2.05, 4.69) is 36.6 Å². The number of aryl methyl sites for hydroxylation is 1. The third kappa shape index (κ3) is 2.53. The van der Waals surface area contributed by atoms with E-state index in [1.165, 1.54) is 12.8 Å². The minimum absolute atomic E-state index is 0.758. The van der Waals surface area contributed by atoms with E-state index in [0.29, 0.717) is 0 Å². The fourth-order valence-corrected chi connectivity index (χ4v) is 2.53. The van der Waals surface area contributed by atoms with Crippen LogP contribution in [0.5, 0.6) is 0 Å². The van der Waals surface area contributed by atoms with Crippen molar-refractivity contribution in [1.29, 1.82) is 0 Å². The van der Waals surface area contributed by atoms with Crippen LogP contribution in [0.4, 0.5) is 0 Å². The maximum absolute atomic E-state index is 4.39. The van der Waals surface area contributed by atoms with Crippen molar-refractivity contribution in [2.75, 3.05) is 6.54 Å². The summed E-state index contributed by atoms with van der Waals surface area (Å²) in [4.78, 5) is 4.39. The van der Waals surface area contributed by atoms with Gasteiger partial charge in [0.2, 0.25) is 0 Å². The van der Waals surface area contributed by atoms with Crippen molar-refractivity contribution < 1.29 is 0 Å². The van der Waals surface area contributed by atoms with Crippen molar-refractivity contribution in [3.05, 3.63) is 29.9 Å². The van der Waals surface area contributed by atoms with Crippen molar-refractivity contribution in [1.82, 2.24) is 29.6 Å². The molecule has 1 aliphatic heterocycles. The van der Waals surface area contributed by atoms with Crippen LogP contribution >= 0.6 is 0 Å². The number of nitrogens with one attached hydrogen (secondary N) is 1. The lowest BCUT2D eigenvalue weighted by atomic mass is 10.2. The highest BCUT2D eigenvalue weighted by molar-refractivity contribution is 5.02. The molecule has 0 aliphatic carbocycles. The average Bonchev–Trinajstić information content (AvgIpc) is 3.05. The lowest BCUT2D eigenvalue weighted by Crippen LogP contribution is -2.19. The standard InChI is InChI=1S/C13H20N6/c1-2-14-9-12-15-6-8-18(12)10-13-17-16-11-5-3-4-7-19(11)13/h6,8,14H,2-5,7,9-10H2,1H3. The van der Waals surface area contributed by atoms with Crippen LogP contribution in [0.1, 0.15) is 37.2 Å². The van der Waals surface area contributed by atoms with Gasteiger partial charge in [-0.15, -0.1) is 10.2 Å². The van der Waals surface area contributed by atoms with Crippen molar-refractivity contribution >= 4 is 0 Å². The predicted octanol–water partition coefficient (Wildman–Crippen LogP) is 0.969. The molecule has 0 saturated carbocycles. The second-order valence-corrected chi connectivity index (χ2v) is 4.89. The highest BCUT2D eigenvalue weighted by Crippen LogP contribution is 2.15. The lowest BCUT2D eigenvalue weighted by Gasteiger charge is -2.15. The molecule has 2 aromatic heterocycles. The molecule has 0 amide bonds. The third-order valence-electron chi connectivity index (χ3n) is 3.58.